The average molecular weight is 280 g/mol. The molecule has 4 heteroatoms. The van der Waals surface area contributed by atoms with E-state index in [2.05, 4.69) is 18.7 Å². The number of hydrogen-bond acceptors (Lipinski definition) is 3. The maximum Gasteiger partial charge on any atom is 0.169 e. The Morgan fingerprint density at radius 1 is 1.25 bits per heavy atom. The van der Waals surface area contributed by atoms with Crippen LogP contribution in [0.25, 0.3) is 0 Å². The highest BCUT2D eigenvalue weighted by atomic mass is 19.1. The summed E-state index contributed by atoms with van der Waals surface area (Å²) < 4.78 is 19.4. The van der Waals surface area contributed by atoms with Crippen molar-refractivity contribution < 1.29 is 9.13 Å². The number of methoxy groups -OCH3 is 1. The molecule has 0 aromatic heterocycles. The summed E-state index contributed by atoms with van der Waals surface area (Å²) in [6, 6.07) is 4.80. The van der Waals surface area contributed by atoms with E-state index >= 15 is 0 Å². The van der Waals surface area contributed by atoms with Crippen LogP contribution in [0.2, 0.25) is 0 Å². The molecule has 1 fully saturated rings. The molecule has 1 aliphatic heterocycles. The molecule has 20 heavy (non-hydrogen) atoms. The van der Waals surface area contributed by atoms with E-state index in [-0.39, 0.29) is 23.1 Å². The summed E-state index contributed by atoms with van der Waals surface area (Å²) in [6.45, 7) is 6.27. The van der Waals surface area contributed by atoms with Gasteiger partial charge < -0.3 is 10.5 Å². The van der Waals surface area contributed by atoms with E-state index in [0.29, 0.717) is 5.56 Å². The second-order valence-electron chi connectivity index (χ2n) is 6.04. The van der Waals surface area contributed by atoms with Gasteiger partial charge >= 0.3 is 0 Å². The molecule has 112 valence electrons. The van der Waals surface area contributed by atoms with Crippen molar-refractivity contribution in [2.75, 3.05) is 20.2 Å². The van der Waals surface area contributed by atoms with Gasteiger partial charge in [0.2, 0.25) is 0 Å². The zero-order chi connectivity index (χ0) is 14.8. The van der Waals surface area contributed by atoms with Gasteiger partial charge in [0.15, 0.2) is 11.6 Å². The predicted octanol–water partition coefficient (Wildman–Crippen LogP) is 3.10. The first-order valence-corrected chi connectivity index (χ1v) is 7.31. The Morgan fingerprint density at radius 2 is 1.90 bits per heavy atom. The van der Waals surface area contributed by atoms with Crippen molar-refractivity contribution in [3.05, 3.63) is 29.6 Å². The van der Waals surface area contributed by atoms with Gasteiger partial charge in [-0.05, 0) is 45.8 Å². The lowest BCUT2D eigenvalue weighted by atomic mass is 9.86. The third-order valence-corrected chi connectivity index (χ3v) is 4.48. The van der Waals surface area contributed by atoms with Gasteiger partial charge in [-0.25, -0.2) is 4.39 Å². The Bertz CT molecular complexity index is 456. The average Bonchev–Trinajstić information content (AvgIpc) is 2.47. The maximum absolute atomic E-state index is 14.4. The fourth-order valence-electron chi connectivity index (χ4n) is 2.97. The number of hydrogen-bond donors (Lipinski definition) is 1. The number of nitrogens with zero attached hydrogens (tertiary/aromatic N) is 1. The minimum Gasteiger partial charge on any atom is -0.494 e. The van der Waals surface area contributed by atoms with Crippen molar-refractivity contribution in [1.82, 2.24) is 4.90 Å². The number of benzene rings is 1. The van der Waals surface area contributed by atoms with Crippen molar-refractivity contribution in [2.45, 2.75) is 44.7 Å². The predicted molar refractivity (Wildman–Crippen MR) is 79.4 cm³/mol. The first-order chi connectivity index (χ1) is 9.48. The molecule has 0 spiro atoms. The molecule has 1 aromatic rings. The summed E-state index contributed by atoms with van der Waals surface area (Å²) >= 11 is 0. The van der Waals surface area contributed by atoms with Gasteiger partial charge in [0.1, 0.15) is 0 Å². The fourth-order valence-corrected chi connectivity index (χ4v) is 2.97. The standard InChI is InChI=1S/C16H25FN2O/c1-16(2,19-10-5-4-6-11-19)15(18)12-8-7-9-13(20-3)14(12)17/h7-9,15H,4-6,10-11,18H2,1-3H3. The first kappa shape index (κ1) is 15.3. The lowest BCUT2D eigenvalue weighted by Crippen LogP contribution is -2.53. The van der Waals surface area contributed by atoms with E-state index in [9.17, 15) is 4.39 Å². The van der Waals surface area contributed by atoms with Gasteiger partial charge in [-0.15, -0.1) is 0 Å². The molecule has 1 atom stereocenters. The summed E-state index contributed by atoms with van der Waals surface area (Å²) in [4.78, 5) is 2.38. The second-order valence-corrected chi connectivity index (χ2v) is 6.04. The summed E-state index contributed by atoms with van der Waals surface area (Å²) in [5.74, 6) is -0.0834. The number of ether oxygens (including phenoxy) is 1. The van der Waals surface area contributed by atoms with Gasteiger partial charge in [0, 0.05) is 11.1 Å². The normalized spacial score (nSPS) is 18.9. The van der Waals surface area contributed by atoms with E-state index in [1.165, 1.54) is 26.4 Å². The molecule has 1 aromatic carbocycles. The van der Waals surface area contributed by atoms with Crippen molar-refractivity contribution in [3.8, 4) is 5.75 Å². The van der Waals surface area contributed by atoms with E-state index in [1.54, 1.807) is 18.2 Å². The number of nitrogens with two attached hydrogens (primary N) is 1. The maximum atomic E-state index is 14.4. The lowest BCUT2D eigenvalue weighted by Gasteiger charge is -2.44. The van der Waals surface area contributed by atoms with E-state index in [1.807, 2.05) is 0 Å². The second kappa shape index (κ2) is 6.10. The molecule has 2 rings (SSSR count). The smallest absolute Gasteiger partial charge is 0.169 e. The van der Waals surface area contributed by atoms with Gasteiger partial charge in [-0.3, -0.25) is 4.90 Å². The van der Waals surface area contributed by atoms with Crippen LogP contribution in [0.4, 0.5) is 4.39 Å². The molecule has 0 saturated carbocycles. The topological polar surface area (TPSA) is 38.5 Å². The SMILES string of the molecule is COc1cccc(C(N)C(C)(C)N2CCCCC2)c1F. The Kier molecular flexibility index (Phi) is 4.66. The van der Waals surface area contributed by atoms with E-state index in [0.717, 1.165) is 13.1 Å². The number of piperidine rings is 1. The molecule has 1 unspecified atom stereocenters. The Balaban J connectivity index is 2.27. The summed E-state index contributed by atoms with van der Waals surface area (Å²) in [7, 11) is 1.48. The zero-order valence-electron chi connectivity index (χ0n) is 12.7. The third kappa shape index (κ3) is 2.81. The molecule has 3 nitrogen and oxygen atoms in total. The van der Waals surface area contributed by atoms with Gasteiger partial charge in [-0.2, -0.15) is 0 Å². The Morgan fingerprint density at radius 3 is 2.50 bits per heavy atom. The number of halogens is 1. The highest BCUT2D eigenvalue weighted by Crippen LogP contribution is 2.34. The van der Waals surface area contributed by atoms with Crippen molar-refractivity contribution in [1.29, 1.82) is 0 Å². The molecule has 1 saturated heterocycles. The van der Waals surface area contributed by atoms with Crippen molar-refractivity contribution in [3.63, 3.8) is 0 Å². The van der Waals surface area contributed by atoms with Crippen LogP contribution in [-0.4, -0.2) is 30.6 Å². The largest absolute Gasteiger partial charge is 0.494 e. The van der Waals surface area contributed by atoms with Crippen molar-refractivity contribution in [2.24, 2.45) is 5.73 Å². The van der Waals surface area contributed by atoms with E-state index < -0.39 is 0 Å². The summed E-state index contributed by atoms with van der Waals surface area (Å²) in [5.41, 5.74) is 6.65. The minimum atomic E-state index is -0.379. The fraction of sp³-hybridized carbons (Fsp3) is 0.625. The van der Waals surface area contributed by atoms with Gasteiger partial charge in [0.25, 0.3) is 0 Å². The van der Waals surface area contributed by atoms with E-state index in [4.69, 9.17) is 10.5 Å². The van der Waals surface area contributed by atoms with Gasteiger partial charge in [0.05, 0.1) is 13.2 Å². The molecular weight excluding hydrogens is 255 g/mol. The monoisotopic (exact) mass is 280 g/mol. The Labute approximate surface area is 120 Å². The first-order valence-electron chi connectivity index (χ1n) is 7.31. The lowest BCUT2D eigenvalue weighted by molar-refractivity contribution is 0.0718. The summed E-state index contributed by atoms with van der Waals surface area (Å²) in [5, 5.41) is 0. The molecule has 1 aliphatic rings. The molecular formula is C16H25FN2O. The van der Waals surface area contributed by atoms with Crippen LogP contribution in [0, 0.1) is 5.82 Å². The molecule has 0 amide bonds. The molecule has 2 N–H and O–H groups in total. The molecule has 0 bridgehead atoms. The van der Waals surface area contributed by atoms with Crippen molar-refractivity contribution >= 4 is 0 Å². The Hall–Kier alpha value is -1.13. The van der Waals surface area contributed by atoms with Crippen LogP contribution in [0.1, 0.15) is 44.7 Å². The van der Waals surface area contributed by atoms with Crippen LogP contribution in [0.15, 0.2) is 18.2 Å². The third-order valence-electron chi connectivity index (χ3n) is 4.48. The van der Waals surface area contributed by atoms with Crippen LogP contribution >= 0.6 is 0 Å². The molecule has 1 heterocycles. The molecule has 0 aliphatic carbocycles. The van der Waals surface area contributed by atoms with Crippen LogP contribution < -0.4 is 10.5 Å². The highest BCUT2D eigenvalue weighted by Gasteiger charge is 2.36. The summed E-state index contributed by atoms with van der Waals surface area (Å²) in [6.07, 6.45) is 3.66. The van der Waals surface area contributed by atoms with Crippen LogP contribution in [-0.2, 0) is 0 Å². The number of rotatable bonds is 4. The number of likely N-dealkylation sites (tertiary alicyclic amines) is 1. The molecule has 0 radical (unpaired) electrons. The highest BCUT2D eigenvalue weighted by molar-refractivity contribution is 5.34. The van der Waals surface area contributed by atoms with Gasteiger partial charge in [-0.1, -0.05) is 18.6 Å². The van der Waals surface area contributed by atoms with Crippen LogP contribution in [0.3, 0.4) is 0 Å². The van der Waals surface area contributed by atoms with Crippen LogP contribution in [0.5, 0.6) is 5.75 Å². The zero-order valence-corrected chi connectivity index (χ0v) is 12.7. The minimum absolute atomic E-state index is 0.257. The quantitative estimate of drug-likeness (QED) is 0.921.